The Morgan fingerprint density at radius 3 is 1.13 bits per heavy atom. The number of amides is 11. The highest BCUT2D eigenvalue weighted by Crippen LogP contribution is 2.23. The second kappa shape index (κ2) is 27.3. The first-order valence-electron chi connectivity index (χ1n) is 27.8. The van der Waals surface area contributed by atoms with E-state index in [2.05, 4.69) is 58.2 Å². The smallest absolute Gasteiger partial charge is 0.291 e. The summed E-state index contributed by atoms with van der Waals surface area (Å²) in [5, 5.41) is 27.2. The molecule has 32 nitrogen and oxygen atoms in total. The summed E-state index contributed by atoms with van der Waals surface area (Å²) in [4.78, 5) is 147. The van der Waals surface area contributed by atoms with Crippen molar-refractivity contribution in [3.63, 3.8) is 0 Å². The summed E-state index contributed by atoms with van der Waals surface area (Å²) in [6, 6.07) is 9.18. The Kier molecular flexibility index (Phi) is 19.5. The number of nitrogens with zero attached hydrogens (tertiary/aromatic N) is 9. The maximum Gasteiger partial charge on any atom is 0.291 e. The Bertz CT molecular complexity index is 4140. The van der Waals surface area contributed by atoms with E-state index in [0.717, 1.165) is 0 Å². The summed E-state index contributed by atoms with van der Waals surface area (Å²) in [5.41, 5.74) is 15.1. The Hall–Kier alpha value is -11.7. The maximum atomic E-state index is 13.5. The fourth-order valence-corrected chi connectivity index (χ4v) is 9.48. The number of primary amides is 1. The number of hydrogen-bond acceptors (Lipinski definition) is 13. The highest BCUT2D eigenvalue weighted by Gasteiger charge is 2.24. The average molecular weight is 1240 g/mol. The van der Waals surface area contributed by atoms with Gasteiger partial charge in [-0.25, -0.2) is 4.98 Å². The number of anilines is 7. The molecule has 8 aromatic rings. The van der Waals surface area contributed by atoms with E-state index in [1.165, 1.54) is 107 Å². The van der Waals surface area contributed by atoms with Crippen LogP contribution in [0.2, 0.25) is 0 Å². The molecule has 0 aliphatic carbocycles. The van der Waals surface area contributed by atoms with Crippen LogP contribution < -0.4 is 64.6 Å². The molecule has 0 aliphatic heterocycles. The van der Waals surface area contributed by atoms with Crippen LogP contribution in [0.15, 0.2) is 98.2 Å². The molecule has 0 radical (unpaired) electrons. The number of carbonyl (C=O) groups is 11. The van der Waals surface area contributed by atoms with Gasteiger partial charge in [-0.2, -0.15) is 0 Å². The monoisotopic (exact) mass is 1240 g/mol. The van der Waals surface area contributed by atoms with Gasteiger partial charge in [0.1, 0.15) is 39.9 Å². The minimum atomic E-state index is -1.08. The molecule has 8 heterocycles. The first kappa shape index (κ1) is 64.3. The van der Waals surface area contributed by atoms with Gasteiger partial charge in [0, 0.05) is 138 Å². The fourth-order valence-electron chi connectivity index (χ4n) is 9.48. The molecule has 32 heteroatoms. The topological polar surface area (TPSA) is 412 Å². The SMILES string of the molecule is C[C@@H](CNC(=O)c1cc(NC(=O)c2nccn2C)cn1C)C(=O)Nc1cc(C(=O)Nc2cc(C(=O)NCC[C@@H](N)C(=O)Nc3cc(C(=O)Nc4cc(C(=O)Nc5cc(C(=O)NCCC(=O)Nc6cc(C(N)=O)n(C)c6)n(C)c5)n(C)c4)n(C)c3)n(C)c2)n(C)c1. The highest BCUT2D eigenvalue weighted by molar-refractivity contribution is 6.09. The number of aryl methyl sites for hydroxylation is 8. The van der Waals surface area contributed by atoms with Crippen molar-refractivity contribution in [3.8, 4) is 0 Å². The maximum absolute atomic E-state index is 13.5. The minimum Gasteiger partial charge on any atom is -0.364 e. The van der Waals surface area contributed by atoms with E-state index in [1.807, 2.05) is 0 Å². The number of aromatic nitrogens is 9. The Labute approximate surface area is 513 Å². The van der Waals surface area contributed by atoms with Crippen LogP contribution in [0.5, 0.6) is 0 Å². The summed E-state index contributed by atoms with van der Waals surface area (Å²) >= 11 is 0. The first-order chi connectivity index (χ1) is 42.6. The zero-order valence-corrected chi connectivity index (χ0v) is 50.6. The van der Waals surface area contributed by atoms with Crippen LogP contribution in [-0.2, 0) is 70.8 Å². The number of imidazole rings is 1. The van der Waals surface area contributed by atoms with E-state index in [-0.39, 0.29) is 89.5 Å². The molecule has 0 bridgehead atoms. The van der Waals surface area contributed by atoms with Crippen molar-refractivity contribution in [2.45, 2.75) is 25.8 Å². The Morgan fingerprint density at radius 1 is 0.411 bits per heavy atom. The molecule has 2 atom stereocenters. The van der Waals surface area contributed by atoms with Gasteiger partial charge in [-0.1, -0.05) is 6.92 Å². The summed E-state index contributed by atoms with van der Waals surface area (Å²) in [5.74, 6) is -6.12. The molecule has 0 unspecified atom stereocenters. The molecule has 8 rings (SSSR count). The molecule has 0 saturated heterocycles. The van der Waals surface area contributed by atoms with Crippen LogP contribution in [-0.4, -0.2) is 132 Å². The largest absolute Gasteiger partial charge is 0.364 e. The number of nitrogens with one attached hydrogen (secondary N) is 10. The summed E-state index contributed by atoms with van der Waals surface area (Å²) in [6.45, 7) is 1.60. The van der Waals surface area contributed by atoms with Crippen LogP contribution >= 0.6 is 0 Å². The molecule has 8 aromatic heterocycles. The third-order valence-electron chi connectivity index (χ3n) is 14.3. The van der Waals surface area contributed by atoms with Gasteiger partial charge in [0.2, 0.25) is 17.7 Å². The van der Waals surface area contributed by atoms with Crippen molar-refractivity contribution in [2.75, 3.05) is 56.9 Å². The molecule has 0 aliphatic rings. The van der Waals surface area contributed by atoms with Crippen molar-refractivity contribution >= 4 is 105 Å². The summed E-state index contributed by atoms with van der Waals surface area (Å²) in [6.07, 6.45) is 13.9. The van der Waals surface area contributed by atoms with Crippen LogP contribution in [0.25, 0.3) is 0 Å². The third-order valence-corrected chi connectivity index (χ3v) is 14.3. The van der Waals surface area contributed by atoms with Crippen LogP contribution in [0.1, 0.15) is 104 Å². The van der Waals surface area contributed by atoms with Crippen LogP contribution in [0, 0.1) is 5.92 Å². The van der Waals surface area contributed by atoms with Gasteiger partial charge in [-0.05, 0) is 48.9 Å². The Morgan fingerprint density at radius 2 is 0.744 bits per heavy atom. The molecule has 11 amide bonds. The lowest BCUT2D eigenvalue weighted by atomic mass is 10.1. The molecule has 0 spiro atoms. The fraction of sp³-hybridized carbons (Fsp3) is 0.276. The van der Waals surface area contributed by atoms with E-state index in [9.17, 15) is 52.7 Å². The summed E-state index contributed by atoms with van der Waals surface area (Å²) < 4.78 is 12.1. The highest BCUT2D eigenvalue weighted by atomic mass is 16.2. The van der Waals surface area contributed by atoms with Gasteiger partial charge in [0.05, 0.1) is 51.8 Å². The van der Waals surface area contributed by atoms with E-state index >= 15 is 0 Å². The average Bonchev–Trinajstić information content (AvgIpc) is 1.98. The zero-order chi connectivity index (χ0) is 65.4. The van der Waals surface area contributed by atoms with Crippen molar-refractivity contribution in [1.82, 2.24) is 57.5 Å². The van der Waals surface area contributed by atoms with Gasteiger partial charge >= 0.3 is 0 Å². The number of hydrogen-bond donors (Lipinski definition) is 12. The molecule has 0 fully saturated rings. The minimum absolute atomic E-state index is 0.00220. The number of rotatable bonds is 25. The molecule has 472 valence electrons. The normalized spacial score (nSPS) is 11.7. The predicted molar refractivity (Wildman–Crippen MR) is 331 cm³/mol. The van der Waals surface area contributed by atoms with Gasteiger partial charge in [0.25, 0.3) is 47.3 Å². The van der Waals surface area contributed by atoms with Crippen molar-refractivity contribution in [2.24, 2.45) is 73.8 Å². The summed E-state index contributed by atoms with van der Waals surface area (Å²) in [7, 11) is 13.0. The molecule has 90 heavy (non-hydrogen) atoms. The molecular weight excluding hydrogens is 1170 g/mol. The molecule has 14 N–H and O–H groups in total. The van der Waals surface area contributed by atoms with E-state index in [4.69, 9.17) is 11.5 Å². The first-order valence-corrected chi connectivity index (χ1v) is 27.8. The number of carbonyl (C=O) groups excluding carboxylic acids is 11. The third kappa shape index (κ3) is 15.5. The predicted octanol–water partition coefficient (Wildman–Crippen LogP) is 1.75. The lowest BCUT2D eigenvalue weighted by Crippen LogP contribution is -2.39. The Balaban J connectivity index is 0.741. The van der Waals surface area contributed by atoms with Gasteiger partial charge in [0.15, 0.2) is 5.82 Å². The van der Waals surface area contributed by atoms with Gasteiger partial charge in [-0.3, -0.25) is 52.7 Å². The molecular formula is C58H69N21O11. The molecule has 0 aromatic carbocycles. The zero-order valence-electron chi connectivity index (χ0n) is 50.6. The van der Waals surface area contributed by atoms with Crippen LogP contribution in [0.4, 0.5) is 39.8 Å². The van der Waals surface area contributed by atoms with Gasteiger partial charge < -0.3 is 101 Å². The number of nitrogens with two attached hydrogens (primary N) is 2. The van der Waals surface area contributed by atoms with Crippen LogP contribution in [0.3, 0.4) is 0 Å². The van der Waals surface area contributed by atoms with E-state index < -0.39 is 76.9 Å². The quantitative estimate of drug-likeness (QED) is 0.0389. The second-order valence-corrected chi connectivity index (χ2v) is 21.4. The second-order valence-electron chi connectivity index (χ2n) is 21.4. The van der Waals surface area contributed by atoms with Crippen molar-refractivity contribution < 1.29 is 52.7 Å². The van der Waals surface area contributed by atoms with Crippen molar-refractivity contribution in [1.29, 1.82) is 0 Å². The lowest BCUT2D eigenvalue weighted by Gasteiger charge is -2.12. The van der Waals surface area contributed by atoms with Crippen molar-refractivity contribution in [3.05, 3.63) is 144 Å². The molecule has 0 saturated carbocycles. The van der Waals surface area contributed by atoms with Gasteiger partial charge in [-0.15, -0.1) is 0 Å². The van der Waals surface area contributed by atoms with E-state index in [0.29, 0.717) is 28.4 Å². The lowest BCUT2D eigenvalue weighted by molar-refractivity contribution is -0.119. The standard InChI is InChI=1S/C58H69N21O11/c1-31(23-64-54(86)43-19-38(30-76(43)6)71-58(90)49-61-14-15-72(49)2)50(82)66-33-20-44(77(7)25-33)55(87)68-35-17-41(74(4)27-35)52(84)62-12-10-39(59)51(83)67-34-21-45(78(8)26-34)56(88)70-37-22-46(79(9)29-37)57(89)69-36-18-42(75(5)28-36)53(85)63-13-11-47(80)65-32-16-40(48(60)81)73(3)24-32/h14-22,24-31,39H,10-13,23,59H2,1-9H3,(H2,60,81)(H,62,84)(H,63,85)(H,64,86)(H,65,80)(H,66,82)(H,67,83)(H,68,87)(H,69,89)(H,70,88)(H,71,90)/t31-,39+/m0/s1. The van der Waals surface area contributed by atoms with E-state index in [1.54, 1.807) is 91.0 Å².